The zero-order valence-corrected chi connectivity index (χ0v) is 26.7. The van der Waals surface area contributed by atoms with Crippen LogP contribution in [0.1, 0.15) is 68.7 Å². The van der Waals surface area contributed by atoms with Crippen molar-refractivity contribution in [1.29, 1.82) is 0 Å². The maximum absolute atomic E-state index is 10.2. The molecule has 0 fully saturated rings. The van der Waals surface area contributed by atoms with Gasteiger partial charge in [-0.1, -0.05) is 59.4 Å². The van der Waals surface area contributed by atoms with Crippen LogP contribution in [0, 0.1) is 0 Å². The molecule has 45 heavy (non-hydrogen) atoms. The van der Waals surface area contributed by atoms with E-state index < -0.39 is 0 Å². The van der Waals surface area contributed by atoms with Gasteiger partial charge in [-0.25, -0.2) is 0 Å². The standard InChI is InChI=1S/C20H21NO2.C18H21NO3/c1-4-13-7-8-21-17-9-14(5-6-16(13)17)15-10-18(22)20(12(2)3)19(23)11-15;1-5-11-6-13(17(22-4)9-14(11)19)12-7-15(20)18(10(2)3)16(21)8-12/h5-12,22-23H,4H2,1-3H3;5-10,20-21H,1,19H2,2-4H3. The lowest BCUT2D eigenvalue weighted by Crippen LogP contribution is -1.96. The number of phenols is 4. The molecule has 7 heteroatoms. The van der Waals surface area contributed by atoms with Crippen molar-refractivity contribution in [3.8, 4) is 51.0 Å². The molecule has 0 aliphatic heterocycles. The Labute approximate surface area is 264 Å². The minimum Gasteiger partial charge on any atom is -0.507 e. The Morgan fingerprint density at radius 3 is 1.82 bits per heavy atom. The summed E-state index contributed by atoms with van der Waals surface area (Å²) in [5.41, 5.74) is 13.7. The average molecular weight is 607 g/mol. The SMILES string of the molecule is C=Cc1cc(-c2cc(O)c(C(C)C)c(O)c2)c(OC)cc1N.CCc1ccnc2cc(-c3cc(O)c(C(C)C)c(O)c3)ccc12. The van der Waals surface area contributed by atoms with E-state index in [2.05, 4.69) is 24.6 Å². The zero-order chi connectivity index (χ0) is 33.0. The Bertz CT molecular complexity index is 1810. The number of methoxy groups -OCH3 is 1. The highest BCUT2D eigenvalue weighted by atomic mass is 16.5. The van der Waals surface area contributed by atoms with Crippen molar-refractivity contribution < 1.29 is 25.2 Å². The molecular formula is C38H42N2O5. The number of rotatable bonds is 7. The van der Waals surface area contributed by atoms with E-state index in [1.807, 2.05) is 58.2 Å². The van der Waals surface area contributed by atoms with E-state index in [1.165, 1.54) is 5.56 Å². The molecule has 5 aromatic rings. The minimum absolute atomic E-state index is 0.0195. The molecule has 1 heterocycles. The monoisotopic (exact) mass is 606 g/mol. The first kappa shape index (κ1) is 32.7. The van der Waals surface area contributed by atoms with Crippen LogP contribution in [0.2, 0.25) is 0 Å². The van der Waals surface area contributed by atoms with Crippen molar-refractivity contribution in [2.75, 3.05) is 12.8 Å². The van der Waals surface area contributed by atoms with Gasteiger partial charge in [0, 0.05) is 40.0 Å². The van der Waals surface area contributed by atoms with Crippen molar-refractivity contribution in [2.24, 2.45) is 0 Å². The molecule has 0 radical (unpaired) electrons. The summed E-state index contributed by atoms with van der Waals surface area (Å²) >= 11 is 0. The second-order valence-electron chi connectivity index (χ2n) is 11.6. The summed E-state index contributed by atoms with van der Waals surface area (Å²) < 4.78 is 5.36. The summed E-state index contributed by atoms with van der Waals surface area (Å²) in [6.07, 6.45) is 4.44. The Morgan fingerprint density at radius 1 is 0.778 bits per heavy atom. The number of aromatic hydroxyl groups is 4. The number of fused-ring (bicyclic) bond motifs is 1. The van der Waals surface area contributed by atoms with Crippen LogP contribution in [0.25, 0.3) is 39.2 Å². The predicted octanol–water partition coefficient (Wildman–Crippen LogP) is 9.12. The van der Waals surface area contributed by atoms with Crippen LogP contribution in [0.4, 0.5) is 5.69 Å². The normalized spacial score (nSPS) is 11.0. The molecule has 6 N–H and O–H groups in total. The fraction of sp³-hybridized carbons (Fsp3) is 0.237. The fourth-order valence-electron chi connectivity index (χ4n) is 5.63. The number of aromatic nitrogens is 1. The van der Waals surface area contributed by atoms with Gasteiger partial charge in [0.1, 0.15) is 28.7 Å². The number of phenolic OH excluding ortho intramolecular Hbond substituents is 4. The molecule has 0 saturated carbocycles. The molecule has 0 amide bonds. The third kappa shape index (κ3) is 6.83. The predicted molar refractivity (Wildman–Crippen MR) is 184 cm³/mol. The molecule has 0 aliphatic rings. The van der Waals surface area contributed by atoms with E-state index in [1.54, 1.807) is 43.5 Å². The highest BCUT2D eigenvalue weighted by Crippen LogP contribution is 2.42. The number of nitrogen functional groups attached to an aromatic ring is 1. The molecule has 5 rings (SSSR count). The number of anilines is 1. The van der Waals surface area contributed by atoms with E-state index >= 15 is 0 Å². The van der Waals surface area contributed by atoms with Crippen molar-refractivity contribution in [2.45, 2.75) is 52.9 Å². The molecule has 234 valence electrons. The summed E-state index contributed by atoms with van der Waals surface area (Å²) in [6, 6.07) is 18.3. The number of ether oxygens (including phenoxy) is 1. The van der Waals surface area contributed by atoms with Crippen molar-refractivity contribution in [1.82, 2.24) is 4.98 Å². The van der Waals surface area contributed by atoms with E-state index in [0.29, 0.717) is 28.1 Å². The molecule has 0 spiro atoms. The Kier molecular flexibility index (Phi) is 9.92. The Balaban J connectivity index is 0.000000205. The number of aryl methyl sites for hydroxylation is 1. The van der Waals surface area contributed by atoms with Gasteiger partial charge in [-0.05, 0) is 88.5 Å². The summed E-state index contributed by atoms with van der Waals surface area (Å²) in [5, 5.41) is 42.0. The first-order valence-electron chi connectivity index (χ1n) is 15.0. The van der Waals surface area contributed by atoms with Crippen LogP contribution in [0.15, 0.2) is 73.4 Å². The second kappa shape index (κ2) is 13.6. The number of nitrogens with zero attached hydrogens (tertiary/aromatic N) is 1. The number of nitrogens with two attached hydrogens (primary N) is 1. The van der Waals surface area contributed by atoms with Gasteiger partial charge in [0.15, 0.2) is 0 Å². The van der Waals surface area contributed by atoms with E-state index in [0.717, 1.165) is 39.6 Å². The number of pyridine rings is 1. The number of benzene rings is 4. The Hall–Kier alpha value is -5.17. The molecule has 0 atom stereocenters. The smallest absolute Gasteiger partial charge is 0.128 e. The van der Waals surface area contributed by atoms with E-state index in [9.17, 15) is 20.4 Å². The van der Waals surface area contributed by atoms with Crippen molar-refractivity contribution >= 4 is 22.7 Å². The summed E-state index contributed by atoms with van der Waals surface area (Å²) in [4.78, 5) is 4.44. The van der Waals surface area contributed by atoms with E-state index in [4.69, 9.17) is 10.5 Å². The van der Waals surface area contributed by atoms with Crippen LogP contribution in [-0.2, 0) is 6.42 Å². The van der Waals surface area contributed by atoms with Gasteiger partial charge in [-0.3, -0.25) is 4.98 Å². The third-order valence-electron chi connectivity index (χ3n) is 7.91. The molecule has 7 nitrogen and oxygen atoms in total. The van der Waals surface area contributed by atoms with Crippen LogP contribution in [0.5, 0.6) is 28.7 Å². The van der Waals surface area contributed by atoms with Gasteiger partial charge in [0.2, 0.25) is 0 Å². The fourth-order valence-corrected chi connectivity index (χ4v) is 5.63. The third-order valence-corrected chi connectivity index (χ3v) is 7.91. The van der Waals surface area contributed by atoms with E-state index in [-0.39, 0.29) is 34.8 Å². The lowest BCUT2D eigenvalue weighted by molar-refractivity contribution is 0.416. The lowest BCUT2D eigenvalue weighted by atomic mass is 9.94. The van der Waals surface area contributed by atoms with Gasteiger partial charge in [0.25, 0.3) is 0 Å². The van der Waals surface area contributed by atoms with Crippen LogP contribution in [-0.4, -0.2) is 32.5 Å². The first-order chi connectivity index (χ1) is 21.4. The highest BCUT2D eigenvalue weighted by molar-refractivity contribution is 5.87. The quantitative estimate of drug-likeness (QED) is 0.117. The molecule has 0 aliphatic carbocycles. The van der Waals surface area contributed by atoms with Crippen LogP contribution < -0.4 is 10.5 Å². The molecule has 1 aromatic heterocycles. The lowest BCUT2D eigenvalue weighted by Gasteiger charge is -2.16. The molecule has 4 aromatic carbocycles. The van der Waals surface area contributed by atoms with Crippen molar-refractivity contribution in [3.05, 3.63) is 95.7 Å². The molecule has 0 unspecified atom stereocenters. The highest BCUT2D eigenvalue weighted by Gasteiger charge is 2.17. The van der Waals surface area contributed by atoms with Crippen LogP contribution >= 0.6 is 0 Å². The number of hydrogen-bond donors (Lipinski definition) is 5. The van der Waals surface area contributed by atoms with Gasteiger partial charge in [-0.2, -0.15) is 0 Å². The first-order valence-corrected chi connectivity index (χ1v) is 15.0. The van der Waals surface area contributed by atoms with Gasteiger partial charge < -0.3 is 30.9 Å². The Morgan fingerprint density at radius 2 is 1.33 bits per heavy atom. The molecular weight excluding hydrogens is 564 g/mol. The number of hydrogen-bond acceptors (Lipinski definition) is 7. The zero-order valence-electron chi connectivity index (χ0n) is 26.7. The minimum atomic E-state index is 0.0195. The molecule has 0 bridgehead atoms. The van der Waals surface area contributed by atoms with Gasteiger partial charge in [-0.15, -0.1) is 0 Å². The topological polar surface area (TPSA) is 129 Å². The summed E-state index contributed by atoms with van der Waals surface area (Å²) in [7, 11) is 1.55. The second-order valence-corrected chi connectivity index (χ2v) is 11.6. The van der Waals surface area contributed by atoms with Gasteiger partial charge in [0.05, 0.1) is 12.6 Å². The average Bonchev–Trinajstić information content (AvgIpc) is 2.99. The summed E-state index contributed by atoms with van der Waals surface area (Å²) in [6.45, 7) is 13.6. The largest absolute Gasteiger partial charge is 0.507 e. The molecule has 0 saturated heterocycles. The van der Waals surface area contributed by atoms with Crippen LogP contribution in [0.3, 0.4) is 0 Å². The van der Waals surface area contributed by atoms with Gasteiger partial charge >= 0.3 is 0 Å². The van der Waals surface area contributed by atoms with Crippen molar-refractivity contribution in [3.63, 3.8) is 0 Å². The maximum atomic E-state index is 10.2. The maximum Gasteiger partial charge on any atom is 0.128 e. The summed E-state index contributed by atoms with van der Waals surface area (Å²) in [5.74, 6) is 1.03.